The number of nitrogens with zero attached hydrogens (tertiary/aromatic N) is 2. The highest BCUT2D eigenvalue weighted by molar-refractivity contribution is 5.89. The number of halogens is 1. The van der Waals surface area contributed by atoms with Crippen LogP contribution in [0.4, 0.5) is 4.39 Å². The van der Waals surface area contributed by atoms with Crippen molar-refractivity contribution in [3.05, 3.63) is 95.3 Å². The van der Waals surface area contributed by atoms with Gasteiger partial charge in [-0.3, -0.25) is 0 Å². The van der Waals surface area contributed by atoms with Crippen LogP contribution < -0.4 is 0 Å². The Morgan fingerprint density at radius 3 is 1.76 bits per heavy atom. The molecule has 0 unspecified atom stereocenters. The Morgan fingerprint density at radius 2 is 1.18 bits per heavy atom. The van der Waals surface area contributed by atoms with Gasteiger partial charge in [-0.15, -0.1) is 0 Å². The first-order chi connectivity index (χ1) is 16.4. The second kappa shape index (κ2) is 11.1. The topological polar surface area (TPSA) is 6.48 Å². The van der Waals surface area contributed by atoms with Crippen molar-refractivity contribution >= 4 is 21.5 Å². The van der Waals surface area contributed by atoms with E-state index in [1.165, 1.54) is 33.5 Å². The number of hydrogen-bond donors (Lipinski definition) is 0. The van der Waals surface area contributed by atoms with Crippen LogP contribution in [-0.4, -0.2) is 49.6 Å². The van der Waals surface area contributed by atoms with E-state index in [9.17, 15) is 4.39 Å². The Labute approximate surface area is 204 Å². The van der Waals surface area contributed by atoms with Crippen LogP contribution in [-0.2, 0) is 19.3 Å². The van der Waals surface area contributed by atoms with Gasteiger partial charge in [0.05, 0.1) is 0 Å². The largest absolute Gasteiger partial charge is 0.306 e. The molecule has 0 atom stereocenters. The van der Waals surface area contributed by atoms with E-state index in [0.29, 0.717) is 6.04 Å². The summed E-state index contributed by atoms with van der Waals surface area (Å²) in [5, 5.41) is 4.90. The van der Waals surface area contributed by atoms with Gasteiger partial charge in [0.2, 0.25) is 0 Å². The minimum atomic E-state index is -0.167. The summed E-state index contributed by atoms with van der Waals surface area (Å²) in [5.74, 6) is -0.167. The third-order valence-electron chi connectivity index (χ3n) is 7.18. The first kappa shape index (κ1) is 24.4. The standard InChI is InChI=1S/C31H37FN2/c1-23(2)34(4)21-18-26-11-7-12-29-25(10-6-13-30(26)29)16-19-33(3)20-17-27-9-5-8-24-14-15-28(32)22-31(24)27/h5-15,22-23H,16-21H2,1-4H3. The van der Waals surface area contributed by atoms with E-state index in [0.717, 1.165) is 49.7 Å². The highest BCUT2D eigenvalue weighted by Gasteiger charge is 2.10. The van der Waals surface area contributed by atoms with Gasteiger partial charge in [-0.05, 0) is 97.6 Å². The molecule has 178 valence electrons. The molecule has 0 aliphatic carbocycles. The van der Waals surface area contributed by atoms with Crippen LogP contribution in [0.5, 0.6) is 0 Å². The molecule has 0 saturated heterocycles. The molecule has 0 aliphatic heterocycles. The number of rotatable bonds is 10. The van der Waals surface area contributed by atoms with E-state index < -0.39 is 0 Å². The molecule has 0 spiro atoms. The van der Waals surface area contributed by atoms with Crippen LogP contribution in [0.3, 0.4) is 0 Å². The van der Waals surface area contributed by atoms with Crippen molar-refractivity contribution < 1.29 is 4.39 Å². The average Bonchev–Trinajstić information content (AvgIpc) is 2.84. The smallest absolute Gasteiger partial charge is 0.123 e. The zero-order chi connectivity index (χ0) is 24.1. The van der Waals surface area contributed by atoms with Gasteiger partial charge in [-0.2, -0.15) is 0 Å². The van der Waals surface area contributed by atoms with Crippen LogP contribution >= 0.6 is 0 Å². The van der Waals surface area contributed by atoms with Crippen LogP contribution in [0.2, 0.25) is 0 Å². The summed E-state index contributed by atoms with van der Waals surface area (Å²) in [6, 6.07) is 25.4. The summed E-state index contributed by atoms with van der Waals surface area (Å²) < 4.78 is 13.8. The molecular formula is C31H37FN2. The molecule has 0 saturated carbocycles. The monoisotopic (exact) mass is 456 g/mol. The van der Waals surface area contributed by atoms with E-state index in [2.05, 4.69) is 92.3 Å². The van der Waals surface area contributed by atoms with Crippen LogP contribution in [0.15, 0.2) is 72.8 Å². The van der Waals surface area contributed by atoms with Gasteiger partial charge in [-0.25, -0.2) is 4.39 Å². The molecular weight excluding hydrogens is 419 g/mol. The molecule has 0 bridgehead atoms. The Hall–Kier alpha value is -2.75. The Morgan fingerprint density at radius 1 is 0.647 bits per heavy atom. The van der Waals surface area contributed by atoms with E-state index in [1.54, 1.807) is 6.07 Å². The number of likely N-dealkylation sites (N-methyl/N-ethyl adjacent to an activating group) is 2. The van der Waals surface area contributed by atoms with E-state index in [-0.39, 0.29) is 5.82 Å². The van der Waals surface area contributed by atoms with Crippen LogP contribution in [0, 0.1) is 5.82 Å². The van der Waals surface area contributed by atoms with Crippen molar-refractivity contribution in [3.8, 4) is 0 Å². The second-order valence-electron chi connectivity index (χ2n) is 9.84. The van der Waals surface area contributed by atoms with E-state index in [1.807, 2.05) is 6.07 Å². The molecule has 2 nitrogen and oxygen atoms in total. The fraction of sp³-hybridized carbons (Fsp3) is 0.355. The Balaban J connectivity index is 1.40. The molecule has 0 radical (unpaired) electrons. The molecule has 3 heteroatoms. The molecule has 4 rings (SSSR count). The highest BCUT2D eigenvalue weighted by Crippen LogP contribution is 2.24. The fourth-order valence-electron chi connectivity index (χ4n) is 4.69. The van der Waals surface area contributed by atoms with Gasteiger partial charge in [0.15, 0.2) is 0 Å². The summed E-state index contributed by atoms with van der Waals surface area (Å²) in [4.78, 5) is 4.79. The summed E-state index contributed by atoms with van der Waals surface area (Å²) in [7, 11) is 4.38. The summed E-state index contributed by atoms with van der Waals surface area (Å²) in [6.45, 7) is 7.51. The molecule has 4 aromatic carbocycles. The van der Waals surface area contributed by atoms with Crippen LogP contribution in [0.25, 0.3) is 21.5 Å². The van der Waals surface area contributed by atoms with Crippen molar-refractivity contribution in [2.45, 2.75) is 39.2 Å². The lowest BCUT2D eigenvalue weighted by molar-refractivity contribution is 0.278. The first-order valence-corrected chi connectivity index (χ1v) is 12.5. The van der Waals surface area contributed by atoms with Crippen molar-refractivity contribution in [1.29, 1.82) is 0 Å². The van der Waals surface area contributed by atoms with Gasteiger partial charge < -0.3 is 9.80 Å². The van der Waals surface area contributed by atoms with Gasteiger partial charge in [0.1, 0.15) is 5.82 Å². The van der Waals surface area contributed by atoms with Gasteiger partial charge in [0.25, 0.3) is 0 Å². The average molecular weight is 457 g/mol. The normalized spacial score (nSPS) is 12.0. The Kier molecular flexibility index (Phi) is 7.97. The maximum absolute atomic E-state index is 13.8. The molecule has 0 heterocycles. The van der Waals surface area contributed by atoms with Crippen molar-refractivity contribution in [1.82, 2.24) is 9.80 Å². The molecule has 34 heavy (non-hydrogen) atoms. The van der Waals surface area contributed by atoms with Crippen molar-refractivity contribution in [3.63, 3.8) is 0 Å². The molecule has 0 amide bonds. The lowest BCUT2D eigenvalue weighted by Gasteiger charge is -2.21. The molecule has 0 aromatic heterocycles. The van der Waals surface area contributed by atoms with Gasteiger partial charge in [0, 0.05) is 25.7 Å². The van der Waals surface area contributed by atoms with E-state index in [4.69, 9.17) is 0 Å². The first-order valence-electron chi connectivity index (χ1n) is 12.5. The summed E-state index contributed by atoms with van der Waals surface area (Å²) in [6.07, 6.45) is 3.01. The maximum Gasteiger partial charge on any atom is 0.123 e. The van der Waals surface area contributed by atoms with E-state index >= 15 is 0 Å². The summed E-state index contributed by atoms with van der Waals surface area (Å²) >= 11 is 0. The van der Waals surface area contributed by atoms with Gasteiger partial charge >= 0.3 is 0 Å². The lowest BCUT2D eigenvalue weighted by atomic mass is 9.96. The minimum Gasteiger partial charge on any atom is -0.306 e. The highest BCUT2D eigenvalue weighted by atomic mass is 19.1. The molecule has 0 fully saturated rings. The summed E-state index contributed by atoms with van der Waals surface area (Å²) in [5.41, 5.74) is 4.06. The second-order valence-corrected chi connectivity index (χ2v) is 9.84. The van der Waals surface area contributed by atoms with Crippen molar-refractivity contribution in [2.75, 3.05) is 33.7 Å². The third kappa shape index (κ3) is 5.84. The van der Waals surface area contributed by atoms with Crippen molar-refractivity contribution in [2.24, 2.45) is 0 Å². The predicted molar refractivity (Wildman–Crippen MR) is 144 cm³/mol. The van der Waals surface area contributed by atoms with Crippen LogP contribution in [0.1, 0.15) is 30.5 Å². The lowest BCUT2D eigenvalue weighted by Crippen LogP contribution is -2.28. The Bertz CT molecular complexity index is 1250. The molecule has 4 aromatic rings. The fourth-order valence-corrected chi connectivity index (χ4v) is 4.69. The minimum absolute atomic E-state index is 0.167. The zero-order valence-corrected chi connectivity index (χ0v) is 21.0. The molecule has 0 aliphatic rings. The molecule has 0 N–H and O–H groups in total. The van der Waals surface area contributed by atoms with Gasteiger partial charge in [-0.1, -0.05) is 60.7 Å². The third-order valence-corrected chi connectivity index (χ3v) is 7.18. The zero-order valence-electron chi connectivity index (χ0n) is 21.0. The SMILES string of the molecule is CC(C)N(C)CCc1cccc2c(CCN(C)CCc3cccc4ccc(F)cc34)cccc12. The quantitative estimate of drug-likeness (QED) is 0.261. The predicted octanol–water partition coefficient (Wildman–Crippen LogP) is 6.73. The number of hydrogen-bond acceptors (Lipinski definition) is 2. The number of fused-ring (bicyclic) bond motifs is 2. The number of benzene rings is 4. The maximum atomic E-state index is 13.8.